The molecule has 5 nitrogen and oxygen atoms in total. The van der Waals surface area contributed by atoms with E-state index in [1.165, 1.54) is 15.0 Å². The zero-order valence-electron chi connectivity index (χ0n) is 14.3. The number of piperidine rings is 1. The van der Waals surface area contributed by atoms with Gasteiger partial charge in [-0.15, -0.1) is 11.3 Å². The Kier molecular flexibility index (Phi) is 4.55. The SMILES string of the molecule is Cn1ccnc(N2CCCC(NCc3cc4ccccc4s3)C2)c1=O. The van der Waals surface area contributed by atoms with Crippen molar-refractivity contribution in [1.82, 2.24) is 14.9 Å². The summed E-state index contributed by atoms with van der Waals surface area (Å²) in [5.41, 5.74) is -0.0207. The average molecular weight is 354 g/mol. The molecule has 3 aromatic rings. The van der Waals surface area contributed by atoms with Gasteiger partial charge in [0.1, 0.15) is 0 Å². The molecule has 0 spiro atoms. The fourth-order valence-electron chi connectivity index (χ4n) is 3.41. The number of nitrogens with zero attached hydrogens (tertiary/aromatic N) is 3. The van der Waals surface area contributed by atoms with E-state index in [2.05, 4.69) is 45.5 Å². The van der Waals surface area contributed by atoms with Crippen LogP contribution in [0.4, 0.5) is 5.82 Å². The van der Waals surface area contributed by atoms with E-state index in [0.717, 1.165) is 32.5 Å². The van der Waals surface area contributed by atoms with Gasteiger partial charge in [0, 0.05) is 54.7 Å². The Morgan fingerprint density at radius 2 is 2.24 bits per heavy atom. The van der Waals surface area contributed by atoms with Crippen molar-refractivity contribution in [3.05, 3.63) is 58.0 Å². The van der Waals surface area contributed by atoms with Crippen LogP contribution in [0.3, 0.4) is 0 Å². The third-order valence-corrected chi connectivity index (χ3v) is 5.88. The molecule has 6 heteroatoms. The summed E-state index contributed by atoms with van der Waals surface area (Å²) < 4.78 is 2.93. The number of anilines is 1. The second-order valence-electron chi connectivity index (χ2n) is 6.58. The van der Waals surface area contributed by atoms with E-state index in [0.29, 0.717) is 11.9 Å². The van der Waals surface area contributed by atoms with Gasteiger partial charge in [-0.1, -0.05) is 18.2 Å². The number of nitrogens with one attached hydrogen (secondary N) is 1. The Balaban J connectivity index is 1.43. The molecule has 1 atom stereocenters. The number of rotatable bonds is 4. The summed E-state index contributed by atoms with van der Waals surface area (Å²) in [5, 5.41) is 4.98. The molecule has 1 aromatic carbocycles. The van der Waals surface area contributed by atoms with Crippen molar-refractivity contribution in [2.24, 2.45) is 7.05 Å². The van der Waals surface area contributed by atoms with Crippen LogP contribution in [0.1, 0.15) is 17.7 Å². The standard InChI is InChI=1S/C19H22N4OS/c1-22-10-8-20-18(19(22)24)23-9-4-6-15(13-23)21-12-16-11-14-5-2-3-7-17(14)25-16/h2-3,5,7-8,10-11,15,21H,4,6,9,12-13H2,1H3. The molecular weight excluding hydrogens is 332 g/mol. The summed E-state index contributed by atoms with van der Waals surface area (Å²) in [6.45, 7) is 2.60. The number of aromatic nitrogens is 2. The lowest BCUT2D eigenvalue weighted by atomic mass is 10.1. The number of hydrogen-bond acceptors (Lipinski definition) is 5. The molecule has 130 valence electrons. The molecule has 3 heterocycles. The molecule has 1 fully saturated rings. The molecule has 1 unspecified atom stereocenters. The van der Waals surface area contributed by atoms with Gasteiger partial charge in [-0.3, -0.25) is 4.79 Å². The molecule has 25 heavy (non-hydrogen) atoms. The molecular formula is C19H22N4OS. The van der Waals surface area contributed by atoms with Crippen LogP contribution in [0.2, 0.25) is 0 Å². The first-order chi connectivity index (χ1) is 12.2. The minimum absolute atomic E-state index is 0.0207. The van der Waals surface area contributed by atoms with Gasteiger partial charge in [0.2, 0.25) is 0 Å². The van der Waals surface area contributed by atoms with Gasteiger partial charge < -0.3 is 14.8 Å². The summed E-state index contributed by atoms with van der Waals surface area (Å²) in [7, 11) is 1.77. The van der Waals surface area contributed by atoms with Crippen LogP contribution in [0.5, 0.6) is 0 Å². The van der Waals surface area contributed by atoms with E-state index >= 15 is 0 Å². The number of aryl methyl sites for hydroxylation is 1. The van der Waals surface area contributed by atoms with Crippen molar-refractivity contribution >= 4 is 27.2 Å². The second kappa shape index (κ2) is 6.98. The Labute approximate surface area is 150 Å². The van der Waals surface area contributed by atoms with Gasteiger partial charge in [0.05, 0.1) is 0 Å². The first-order valence-electron chi connectivity index (χ1n) is 8.68. The first-order valence-corrected chi connectivity index (χ1v) is 9.50. The lowest BCUT2D eigenvalue weighted by molar-refractivity contribution is 0.420. The van der Waals surface area contributed by atoms with E-state index in [1.807, 2.05) is 11.3 Å². The Morgan fingerprint density at radius 1 is 1.36 bits per heavy atom. The van der Waals surface area contributed by atoms with Crippen LogP contribution in [-0.2, 0) is 13.6 Å². The average Bonchev–Trinajstić information content (AvgIpc) is 3.05. The smallest absolute Gasteiger partial charge is 0.293 e. The molecule has 0 saturated carbocycles. The van der Waals surface area contributed by atoms with E-state index < -0.39 is 0 Å². The molecule has 0 amide bonds. The third-order valence-electron chi connectivity index (χ3n) is 4.76. The highest BCUT2D eigenvalue weighted by atomic mass is 32.1. The minimum Gasteiger partial charge on any atom is -0.350 e. The number of hydrogen-bond donors (Lipinski definition) is 1. The normalized spacial score (nSPS) is 18.0. The highest BCUT2D eigenvalue weighted by molar-refractivity contribution is 7.19. The van der Waals surface area contributed by atoms with Gasteiger partial charge in [-0.05, 0) is 30.4 Å². The quantitative estimate of drug-likeness (QED) is 0.783. The zero-order valence-corrected chi connectivity index (χ0v) is 15.1. The van der Waals surface area contributed by atoms with E-state index in [9.17, 15) is 4.79 Å². The molecule has 1 saturated heterocycles. The maximum atomic E-state index is 12.3. The lowest BCUT2D eigenvalue weighted by Crippen LogP contribution is -2.47. The maximum Gasteiger partial charge on any atom is 0.293 e. The summed E-state index contributed by atoms with van der Waals surface area (Å²) in [4.78, 5) is 20.1. The molecule has 1 aliphatic heterocycles. The molecule has 2 aromatic heterocycles. The van der Waals surface area contributed by atoms with E-state index in [-0.39, 0.29) is 5.56 Å². The largest absolute Gasteiger partial charge is 0.350 e. The van der Waals surface area contributed by atoms with Gasteiger partial charge >= 0.3 is 0 Å². The topological polar surface area (TPSA) is 50.2 Å². The zero-order chi connectivity index (χ0) is 17.2. The van der Waals surface area contributed by atoms with Crippen LogP contribution >= 0.6 is 11.3 Å². The van der Waals surface area contributed by atoms with Gasteiger partial charge in [-0.2, -0.15) is 0 Å². The monoisotopic (exact) mass is 354 g/mol. The predicted molar refractivity (Wildman–Crippen MR) is 103 cm³/mol. The molecule has 0 bridgehead atoms. The number of fused-ring (bicyclic) bond motifs is 1. The summed E-state index contributed by atoms with van der Waals surface area (Å²) in [6.07, 6.45) is 5.61. The van der Waals surface area contributed by atoms with Crippen molar-refractivity contribution in [3.8, 4) is 0 Å². The van der Waals surface area contributed by atoms with Crippen LogP contribution in [0, 0.1) is 0 Å². The second-order valence-corrected chi connectivity index (χ2v) is 7.75. The van der Waals surface area contributed by atoms with Crippen LogP contribution in [0.25, 0.3) is 10.1 Å². The molecule has 1 N–H and O–H groups in total. The maximum absolute atomic E-state index is 12.3. The highest BCUT2D eigenvalue weighted by Crippen LogP contribution is 2.25. The number of thiophene rings is 1. The molecule has 4 rings (SSSR count). The van der Waals surface area contributed by atoms with Crippen LogP contribution in [-0.4, -0.2) is 28.7 Å². The van der Waals surface area contributed by atoms with Crippen LogP contribution in [0.15, 0.2) is 47.5 Å². The summed E-state index contributed by atoms with van der Waals surface area (Å²) in [6, 6.07) is 11.1. The third kappa shape index (κ3) is 3.45. The van der Waals surface area contributed by atoms with Crippen molar-refractivity contribution in [2.75, 3.05) is 18.0 Å². The Morgan fingerprint density at radius 3 is 3.12 bits per heavy atom. The Bertz CT molecular complexity index is 899. The molecule has 0 radical (unpaired) electrons. The van der Waals surface area contributed by atoms with E-state index in [1.54, 1.807) is 24.0 Å². The predicted octanol–water partition coefficient (Wildman–Crippen LogP) is 2.75. The van der Waals surface area contributed by atoms with Gasteiger partial charge in [-0.25, -0.2) is 4.98 Å². The fraction of sp³-hybridized carbons (Fsp3) is 0.368. The summed E-state index contributed by atoms with van der Waals surface area (Å²) in [5.74, 6) is 0.568. The van der Waals surface area contributed by atoms with Gasteiger partial charge in [0.25, 0.3) is 5.56 Å². The molecule has 0 aliphatic carbocycles. The fourth-order valence-corrected chi connectivity index (χ4v) is 4.42. The minimum atomic E-state index is -0.0207. The Hall–Kier alpha value is -2.18. The highest BCUT2D eigenvalue weighted by Gasteiger charge is 2.22. The van der Waals surface area contributed by atoms with E-state index in [4.69, 9.17) is 0 Å². The first kappa shape index (κ1) is 16.3. The van der Waals surface area contributed by atoms with Gasteiger partial charge in [0.15, 0.2) is 5.82 Å². The van der Waals surface area contributed by atoms with Crippen molar-refractivity contribution in [1.29, 1.82) is 0 Å². The lowest BCUT2D eigenvalue weighted by Gasteiger charge is -2.33. The van der Waals surface area contributed by atoms with Crippen molar-refractivity contribution in [2.45, 2.75) is 25.4 Å². The number of benzene rings is 1. The van der Waals surface area contributed by atoms with Crippen molar-refractivity contribution in [3.63, 3.8) is 0 Å². The molecule has 1 aliphatic rings. The van der Waals surface area contributed by atoms with Crippen LogP contribution < -0.4 is 15.8 Å². The van der Waals surface area contributed by atoms with Crippen molar-refractivity contribution < 1.29 is 0 Å². The summed E-state index contributed by atoms with van der Waals surface area (Å²) >= 11 is 1.85.